The number of fused-ring (bicyclic) bond motifs is 1. The lowest BCUT2D eigenvalue weighted by molar-refractivity contribution is -0.384. The normalized spacial score (nSPS) is 10.8. The highest BCUT2D eigenvalue weighted by Crippen LogP contribution is 2.20. The van der Waals surface area contributed by atoms with Crippen molar-refractivity contribution in [3.8, 4) is 5.69 Å². The standard InChI is InChI=1S/C20H16N6O4/c1-13-10-18(25(23-13)14-6-8-15(9-7-14)26(29)30)22-19(27)12-24-17-5-3-2-4-16(17)21-11-20(24)28/h2-11H,12H2,1H3,(H,22,27). The van der Waals surface area contributed by atoms with Gasteiger partial charge in [0.25, 0.3) is 11.2 Å². The first-order valence-corrected chi connectivity index (χ1v) is 8.98. The Morgan fingerprint density at radius 1 is 1.17 bits per heavy atom. The molecule has 2 aromatic carbocycles. The van der Waals surface area contributed by atoms with Gasteiger partial charge in [0.1, 0.15) is 12.4 Å². The molecule has 0 saturated carbocycles. The van der Waals surface area contributed by atoms with Crippen molar-refractivity contribution in [2.24, 2.45) is 0 Å². The molecule has 1 amide bonds. The van der Waals surface area contributed by atoms with Gasteiger partial charge in [-0.05, 0) is 31.2 Å². The molecule has 0 aliphatic carbocycles. The van der Waals surface area contributed by atoms with Gasteiger partial charge in [-0.1, -0.05) is 12.1 Å². The van der Waals surface area contributed by atoms with Crippen molar-refractivity contribution in [3.05, 3.63) is 87.0 Å². The Morgan fingerprint density at radius 3 is 2.63 bits per heavy atom. The molecule has 10 nitrogen and oxygen atoms in total. The Balaban J connectivity index is 1.62. The number of nitrogens with one attached hydrogen (secondary N) is 1. The minimum atomic E-state index is -0.489. The maximum atomic E-state index is 12.7. The molecular formula is C20H16N6O4. The smallest absolute Gasteiger partial charge is 0.269 e. The second kappa shape index (κ2) is 7.59. The van der Waals surface area contributed by atoms with Crippen LogP contribution < -0.4 is 10.9 Å². The van der Waals surface area contributed by atoms with E-state index in [4.69, 9.17) is 0 Å². The number of amides is 1. The Morgan fingerprint density at radius 2 is 1.90 bits per heavy atom. The Labute approximate surface area is 169 Å². The van der Waals surface area contributed by atoms with Crippen LogP contribution in [0.1, 0.15) is 5.69 Å². The molecule has 4 rings (SSSR count). The van der Waals surface area contributed by atoms with Gasteiger partial charge in [-0.15, -0.1) is 0 Å². The molecule has 10 heteroatoms. The molecule has 0 atom stereocenters. The van der Waals surface area contributed by atoms with Crippen LogP contribution in [0.3, 0.4) is 0 Å². The van der Waals surface area contributed by atoms with Gasteiger partial charge in [-0.25, -0.2) is 9.67 Å². The fraction of sp³-hybridized carbons (Fsp3) is 0.100. The number of rotatable bonds is 5. The molecular weight excluding hydrogens is 388 g/mol. The quantitative estimate of drug-likeness (QED) is 0.402. The van der Waals surface area contributed by atoms with Crippen LogP contribution in [-0.2, 0) is 11.3 Å². The lowest BCUT2D eigenvalue weighted by Gasteiger charge is -2.11. The summed E-state index contributed by atoms with van der Waals surface area (Å²) in [5.41, 5.74) is 1.93. The van der Waals surface area contributed by atoms with Crippen molar-refractivity contribution < 1.29 is 9.72 Å². The summed E-state index contributed by atoms with van der Waals surface area (Å²) < 4.78 is 2.82. The Hall–Kier alpha value is -4.34. The number of nitro benzene ring substituents is 1. The first-order chi connectivity index (χ1) is 14.4. The molecule has 2 aromatic heterocycles. The SMILES string of the molecule is Cc1cc(NC(=O)Cn2c(=O)cnc3ccccc32)n(-c2ccc([N+](=O)[O-])cc2)n1. The number of para-hydroxylation sites is 2. The van der Waals surface area contributed by atoms with E-state index in [-0.39, 0.29) is 17.8 Å². The number of nitro groups is 1. The molecule has 150 valence electrons. The number of carbonyl (C=O) groups is 1. The molecule has 2 heterocycles. The fourth-order valence-corrected chi connectivity index (χ4v) is 3.10. The number of benzene rings is 2. The average molecular weight is 404 g/mol. The summed E-state index contributed by atoms with van der Waals surface area (Å²) in [6.45, 7) is 1.56. The lowest BCUT2D eigenvalue weighted by atomic mass is 10.3. The number of hydrogen-bond donors (Lipinski definition) is 1. The highest BCUT2D eigenvalue weighted by atomic mass is 16.6. The van der Waals surface area contributed by atoms with Crippen LogP contribution in [0.25, 0.3) is 16.7 Å². The van der Waals surface area contributed by atoms with Gasteiger partial charge >= 0.3 is 0 Å². The summed E-state index contributed by atoms with van der Waals surface area (Å²) >= 11 is 0. The van der Waals surface area contributed by atoms with E-state index in [1.165, 1.54) is 27.6 Å². The van der Waals surface area contributed by atoms with Crippen LogP contribution in [0.15, 0.2) is 65.6 Å². The number of non-ortho nitro benzene ring substituents is 1. The number of carbonyl (C=O) groups excluding carboxylic acids is 1. The molecule has 1 N–H and O–H groups in total. The van der Waals surface area contributed by atoms with Crippen molar-refractivity contribution in [1.82, 2.24) is 19.3 Å². The number of nitrogens with zero attached hydrogens (tertiary/aromatic N) is 5. The second-order valence-electron chi connectivity index (χ2n) is 6.58. The molecule has 30 heavy (non-hydrogen) atoms. The zero-order chi connectivity index (χ0) is 21.3. The van der Waals surface area contributed by atoms with Crippen molar-refractivity contribution in [2.75, 3.05) is 5.32 Å². The number of anilines is 1. The zero-order valence-electron chi connectivity index (χ0n) is 15.8. The van der Waals surface area contributed by atoms with E-state index in [1.807, 2.05) is 0 Å². The number of hydrogen-bond acceptors (Lipinski definition) is 6. The summed E-state index contributed by atoms with van der Waals surface area (Å²) in [5.74, 6) is -0.0331. The first-order valence-electron chi connectivity index (χ1n) is 8.98. The summed E-state index contributed by atoms with van der Waals surface area (Å²) in [4.78, 5) is 39.4. The largest absolute Gasteiger partial charge is 0.309 e. The Kier molecular flexibility index (Phi) is 4.80. The first kappa shape index (κ1) is 19.0. The van der Waals surface area contributed by atoms with Crippen LogP contribution >= 0.6 is 0 Å². The topological polar surface area (TPSA) is 125 Å². The van der Waals surface area contributed by atoms with Crippen LogP contribution in [0.5, 0.6) is 0 Å². The third-order valence-electron chi connectivity index (χ3n) is 4.46. The molecule has 0 aliphatic rings. The van der Waals surface area contributed by atoms with Crippen LogP contribution in [0.2, 0.25) is 0 Å². The van der Waals surface area contributed by atoms with E-state index < -0.39 is 10.8 Å². The Bertz CT molecular complexity index is 1320. The molecule has 0 bridgehead atoms. The van der Waals surface area contributed by atoms with Crippen molar-refractivity contribution in [2.45, 2.75) is 13.5 Å². The van der Waals surface area contributed by atoms with Crippen molar-refractivity contribution in [1.29, 1.82) is 0 Å². The number of aromatic nitrogens is 4. The molecule has 4 aromatic rings. The van der Waals surface area contributed by atoms with E-state index in [2.05, 4.69) is 15.4 Å². The highest BCUT2D eigenvalue weighted by molar-refractivity contribution is 5.91. The minimum Gasteiger partial charge on any atom is -0.309 e. The van der Waals surface area contributed by atoms with E-state index in [0.717, 1.165) is 0 Å². The van der Waals surface area contributed by atoms with Gasteiger partial charge in [0.2, 0.25) is 5.91 Å². The third kappa shape index (κ3) is 3.65. The summed E-state index contributed by atoms with van der Waals surface area (Å²) in [6.07, 6.45) is 1.18. The molecule has 0 radical (unpaired) electrons. The molecule has 0 aliphatic heterocycles. The van der Waals surface area contributed by atoms with Crippen LogP contribution in [-0.4, -0.2) is 30.2 Å². The fourth-order valence-electron chi connectivity index (χ4n) is 3.10. The zero-order valence-corrected chi connectivity index (χ0v) is 15.8. The third-order valence-corrected chi connectivity index (χ3v) is 4.46. The van der Waals surface area contributed by atoms with E-state index in [0.29, 0.717) is 28.2 Å². The average Bonchev–Trinajstić information content (AvgIpc) is 3.10. The molecule has 0 spiro atoms. The van der Waals surface area contributed by atoms with Gasteiger partial charge in [0.05, 0.1) is 33.5 Å². The van der Waals surface area contributed by atoms with Gasteiger partial charge in [-0.2, -0.15) is 5.10 Å². The van der Waals surface area contributed by atoms with Crippen molar-refractivity contribution >= 4 is 28.4 Å². The second-order valence-corrected chi connectivity index (χ2v) is 6.58. The summed E-state index contributed by atoms with van der Waals surface area (Å²) in [6, 6.07) is 14.5. The maximum absolute atomic E-state index is 12.7. The van der Waals surface area contributed by atoms with Crippen molar-refractivity contribution in [3.63, 3.8) is 0 Å². The van der Waals surface area contributed by atoms with Crippen LogP contribution in [0, 0.1) is 17.0 Å². The highest BCUT2D eigenvalue weighted by Gasteiger charge is 2.14. The number of aryl methyl sites for hydroxylation is 1. The van der Waals surface area contributed by atoms with Gasteiger partial charge in [0.15, 0.2) is 0 Å². The molecule has 0 saturated heterocycles. The van der Waals surface area contributed by atoms with E-state index in [1.54, 1.807) is 49.4 Å². The monoisotopic (exact) mass is 404 g/mol. The lowest BCUT2D eigenvalue weighted by Crippen LogP contribution is -2.28. The molecule has 0 fully saturated rings. The summed E-state index contributed by atoms with van der Waals surface area (Å²) in [5, 5.41) is 17.9. The summed E-state index contributed by atoms with van der Waals surface area (Å²) in [7, 11) is 0. The van der Waals surface area contributed by atoms with E-state index in [9.17, 15) is 19.7 Å². The van der Waals surface area contributed by atoms with E-state index >= 15 is 0 Å². The predicted molar refractivity (Wildman–Crippen MR) is 110 cm³/mol. The van der Waals surface area contributed by atoms with Gasteiger partial charge < -0.3 is 5.32 Å². The van der Waals surface area contributed by atoms with Gasteiger partial charge in [0, 0.05) is 18.2 Å². The predicted octanol–water partition coefficient (Wildman–Crippen LogP) is 2.44. The van der Waals surface area contributed by atoms with Gasteiger partial charge in [-0.3, -0.25) is 24.3 Å². The minimum absolute atomic E-state index is 0.0443. The molecule has 0 unspecified atom stereocenters. The maximum Gasteiger partial charge on any atom is 0.269 e. The van der Waals surface area contributed by atoms with Crippen LogP contribution in [0.4, 0.5) is 11.5 Å².